The summed E-state index contributed by atoms with van der Waals surface area (Å²) in [5, 5.41) is 19.4. The van der Waals surface area contributed by atoms with Crippen molar-refractivity contribution in [3.05, 3.63) is 35.4 Å². The van der Waals surface area contributed by atoms with Gasteiger partial charge >= 0.3 is 12.1 Å². The van der Waals surface area contributed by atoms with Crippen LogP contribution in [0.25, 0.3) is 0 Å². The van der Waals surface area contributed by atoms with Crippen LogP contribution in [0.3, 0.4) is 0 Å². The quantitative estimate of drug-likeness (QED) is 0.850. The van der Waals surface area contributed by atoms with Gasteiger partial charge in [0.2, 0.25) is 5.16 Å². The van der Waals surface area contributed by atoms with E-state index in [-0.39, 0.29) is 10.9 Å². The zero-order chi connectivity index (χ0) is 15.5. The number of benzene rings is 1. The Morgan fingerprint density at radius 1 is 1.38 bits per heavy atom. The van der Waals surface area contributed by atoms with E-state index in [0.29, 0.717) is 5.56 Å². The number of carboxylic acids is 1. The van der Waals surface area contributed by atoms with Gasteiger partial charge in [-0.15, -0.1) is 5.10 Å². The number of aromatic nitrogens is 4. The first-order valence-electron chi connectivity index (χ1n) is 5.63. The van der Waals surface area contributed by atoms with Crippen LogP contribution in [0.2, 0.25) is 0 Å². The van der Waals surface area contributed by atoms with Gasteiger partial charge in [-0.25, -0.2) is 4.68 Å². The van der Waals surface area contributed by atoms with Crippen molar-refractivity contribution in [2.45, 2.75) is 23.6 Å². The van der Waals surface area contributed by atoms with Crippen LogP contribution in [0, 0.1) is 0 Å². The summed E-state index contributed by atoms with van der Waals surface area (Å²) >= 11 is 1.06. The van der Waals surface area contributed by atoms with Crippen LogP contribution in [0.1, 0.15) is 11.1 Å². The summed E-state index contributed by atoms with van der Waals surface area (Å²) in [6.45, 7) is -0.405. The Kier molecular flexibility index (Phi) is 4.46. The van der Waals surface area contributed by atoms with Gasteiger partial charge in [-0.3, -0.25) is 4.79 Å². The van der Waals surface area contributed by atoms with Crippen molar-refractivity contribution >= 4 is 17.7 Å². The molecule has 0 unspecified atom stereocenters. The Morgan fingerprint density at radius 3 is 2.81 bits per heavy atom. The number of tetrazole rings is 1. The highest BCUT2D eigenvalue weighted by Gasteiger charge is 2.30. The number of hydrogen-bond donors (Lipinski definition) is 1. The molecular weight excluding hydrogens is 309 g/mol. The Bertz CT molecular complexity index is 644. The maximum atomic E-state index is 12.6. The average molecular weight is 318 g/mol. The standard InChI is InChI=1S/C11H9F3N4O2S/c12-11(13,14)8-3-1-2-7(4-8)6-21-10-15-16-17-18(10)5-9(19)20/h1-4H,5-6H2,(H,19,20). The summed E-state index contributed by atoms with van der Waals surface area (Å²) in [7, 11) is 0. The number of hydrogen-bond acceptors (Lipinski definition) is 5. The first kappa shape index (κ1) is 15.3. The summed E-state index contributed by atoms with van der Waals surface area (Å²) in [5.74, 6) is -0.910. The second kappa shape index (κ2) is 6.12. The molecular formula is C11H9F3N4O2S. The molecule has 0 fully saturated rings. The van der Waals surface area contributed by atoms with E-state index >= 15 is 0 Å². The van der Waals surface area contributed by atoms with Crippen molar-refractivity contribution < 1.29 is 23.1 Å². The fourth-order valence-corrected chi connectivity index (χ4v) is 2.33. The number of halogens is 3. The molecule has 1 aromatic carbocycles. The normalized spacial score (nSPS) is 11.6. The molecule has 21 heavy (non-hydrogen) atoms. The Morgan fingerprint density at radius 2 is 2.14 bits per heavy atom. The minimum absolute atomic E-state index is 0.198. The molecule has 0 radical (unpaired) electrons. The van der Waals surface area contributed by atoms with E-state index in [2.05, 4.69) is 15.5 Å². The molecule has 0 saturated carbocycles. The van der Waals surface area contributed by atoms with Crippen LogP contribution in [0.4, 0.5) is 13.2 Å². The Balaban J connectivity index is 2.07. The van der Waals surface area contributed by atoms with Gasteiger partial charge in [0, 0.05) is 5.75 Å². The van der Waals surface area contributed by atoms with Gasteiger partial charge in [0.05, 0.1) is 5.56 Å². The third-order valence-electron chi connectivity index (χ3n) is 2.41. The van der Waals surface area contributed by atoms with E-state index in [1.165, 1.54) is 6.07 Å². The Hall–Kier alpha value is -2.10. The van der Waals surface area contributed by atoms with Gasteiger partial charge in [-0.05, 0) is 22.1 Å². The SMILES string of the molecule is O=C(O)Cn1nnnc1SCc1cccc(C(F)(F)F)c1. The van der Waals surface area contributed by atoms with Crippen molar-refractivity contribution in [1.29, 1.82) is 0 Å². The predicted molar refractivity (Wildman–Crippen MR) is 66.5 cm³/mol. The predicted octanol–water partition coefficient (Wildman–Crippen LogP) is 2.07. The van der Waals surface area contributed by atoms with Crippen LogP contribution in [-0.2, 0) is 23.3 Å². The third-order valence-corrected chi connectivity index (χ3v) is 3.43. The lowest BCUT2D eigenvalue weighted by molar-refractivity contribution is -0.138. The highest BCUT2D eigenvalue weighted by atomic mass is 32.2. The number of aliphatic carboxylic acids is 1. The molecule has 0 aliphatic rings. The van der Waals surface area contributed by atoms with Gasteiger partial charge in [-0.1, -0.05) is 30.0 Å². The number of alkyl halides is 3. The molecule has 1 N–H and O–H groups in total. The molecule has 1 heterocycles. The van der Waals surface area contributed by atoms with Gasteiger partial charge in [0.15, 0.2) is 0 Å². The van der Waals surface area contributed by atoms with E-state index in [1.54, 1.807) is 6.07 Å². The van der Waals surface area contributed by atoms with Gasteiger partial charge in [0.1, 0.15) is 6.54 Å². The number of carbonyl (C=O) groups is 1. The molecule has 0 atom stereocenters. The number of nitrogens with zero attached hydrogens (tertiary/aromatic N) is 4. The van der Waals surface area contributed by atoms with Crippen LogP contribution >= 0.6 is 11.8 Å². The van der Waals surface area contributed by atoms with Crippen molar-refractivity contribution in [3.63, 3.8) is 0 Å². The minimum Gasteiger partial charge on any atom is -0.480 e. The highest BCUT2D eigenvalue weighted by molar-refractivity contribution is 7.98. The van der Waals surface area contributed by atoms with Gasteiger partial charge < -0.3 is 5.11 Å². The molecule has 10 heteroatoms. The molecule has 0 spiro atoms. The fourth-order valence-electron chi connectivity index (χ4n) is 1.51. The van der Waals surface area contributed by atoms with E-state index in [0.717, 1.165) is 28.6 Å². The lowest BCUT2D eigenvalue weighted by Gasteiger charge is -2.08. The summed E-state index contributed by atoms with van der Waals surface area (Å²) in [4.78, 5) is 10.6. The third kappa shape index (κ3) is 4.18. The molecule has 2 rings (SSSR count). The lowest BCUT2D eigenvalue weighted by Crippen LogP contribution is -2.11. The van der Waals surface area contributed by atoms with Crippen LogP contribution < -0.4 is 0 Å². The Labute approximate surface area is 121 Å². The fraction of sp³-hybridized carbons (Fsp3) is 0.273. The first-order chi connectivity index (χ1) is 9.86. The van der Waals surface area contributed by atoms with E-state index in [1.807, 2.05) is 0 Å². The van der Waals surface area contributed by atoms with Gasteiger partial charge in [-0.2, -0.15) is 13.2 Å². The first-order valence-corrected chi connectivity index (χ1v) is 6.61. The summed E-state index contributed by atoms with van der Waals surface area (Å²) in [6.07, 6.45) is -4.40. The minimum atomic E-state index is -4.40. The smallest absolute Gasteiger partial charge is 0.416 e. The topological polar surface area (TPSA) is 80.9 Å². The lowest BCUT2D eigenvalue weighted by atomic mass is 10.1. The largest absolute Gasteiger partial charge is 0.480 e. The highest BCUT2D eigenvalue weighted by Crippen LogP contribution is 2.30. The maximum Gasteiger partial charge on any atom is 0.416 e. The van der Waals surface area contributed by atoms with Gasteiger partial charge in [0.25, 0.3) is 0 Å². The average Bonchev–Trinajstić information content (AvgIpc) is 2.82. The number of thioether (sulfide) groups is 1. The zero-order valence-corrected chi connectivity index (χ0v) is 11.2. The zero-order valence-electron chi connectivity index (χ0n) is 10.4. The molecule has 0 amide bonds. The molecule has 1 aromatic heterocycles. The van der Waals surface area contributed by atoms with Crippen LogP contribution in [0.15, 0.2) is 29.4 Å². The van der Waals surface area contributed by atoms with E-state index in [9.17, 15) is 18.0 Å². The van der Waals surface area contributed by atoms with Crippen molar-refractivity contribution in [1.82, 2.24) is 20.2 Å². The molecule has 0 aliphatic heterocycles. The van der Waals surface area contributed by atoms with Crippen molar-refractivity contribution in [3.8, 4) is 0 Å². The molecule has 2 aromatic rings. The second-order valence-corrected chi connectivity index (χ2v) is 4.94. The van der Waals surface area contributed by atoms with Crippen LogP contribution in [-0.4, -0.2) is 31.3 Å². The maximum absolute atomic E-state index is 12.6. The second-order valence-electron chi connectivity index (χ2n) is 4.00. The summed E-state index contributed by atoms with van der Waals surface area (Å²) < 4.78 is 38.8. The molecule has 112 valence electrons. The monoisotopic (exact) mass is 318 g/mol. The van der Waals surface area contributed by atoms with Crippen LogP contribution in [0.5, 0.6) is 0 Å². The molecule has 0 saturated heterocycles. The molecule has 0 aliphatic carbocycles. The van der Waals surface area contributed by atoms with Crippen molar-refractivity contribution in [2.24, 2.45) is 0 Å². The molecule has 0 bridgehead atoms. The van der Waals surface area contributed by atoms with E-state index < -0.39 is 24.3 Å². The summed E-state index contributed by atoms with van der Waals surface area (Å²) in [5.41, 5.74) is -0.287. The van der Waals surface area contributed by atoms with Crippen molar-refractivity contribution in [2.75, 3.05) is 0 Å². The summed E-state index contributed by atoms with van der Waals surface area (Å²) in [6, 6.07) is 4.90. The molecule has 6 nitrogen and oxygen atoms in total. The number of carboxylic acid groups (broad SMARTS) is 1. The van der Waals surface area contributed by atoms with E-state index in [4.69, 9.17) is 5.11 Å². The number of rotatable bonds is 5.